The highest BCUT2D eigenvalue weighted by Gasteiger charge is 2.48. The van der Waals surface area contributed by atoms with E-state index in [1.54, 1.807) is 22.0 Å². The van der Waals surface area contributed by atoms with Gasteiger partial charge in [-0.05, 0) is 13.3 Å². The molecule has 2 fully saturated rings. The predicted molar refractivity (Wildman–Crippen MR) is 65.1 cm³/mol. The van der Waals surface area contributed by atoms with Crippen molar-refractivity contribution >= 4 is 5.91 Å². The number of amides is 1. The van der Waals surface area contributed by atoms with Crippen LogP contribution in [0.2, 0.25) is 0 Å². The van der Waals surface area contributed by atoms with Crippen LogP contribution in [-0.4, -0.2) is 62.8 Å². The molecule has 2 saturated heterocycles. The van der Waals surface area contributed by atoms with E-state index in [1.807, 2.05) is 6.92 Å². The van der Waals surface area contributed by atoms with Crippen molar-refractivity contribution in [2.24, 2.45) is 5.41 Å². The standard InChI is InChI=1S/C12H18N4O3/c1-11(8-19-9-11)10(17)15-4-2-12(18,6-15)7-16-5-3-13-14-16/h3,5,18H,2,4,6-9H2,1H3. The van der Waals surface area contributed by atoms with E-state index < -0.39 is 11.0 Å². The van der Waals surface area contributed by atoms with Crippen molar-refractivity contribution in [1.82, 2.24) is 19.9 Å². The average molecular weight is 266 g/mol. The van der Waals surface area contributed by atoms with Crippen LogP contribution in [0.3, 0.4) is 0 Å². The Labute approximate surface area is 111 Å². The van der Waals surface area contributed by atoms with Gasteiger partial charge in [0, 0.05) is 12.7 Å². The van der Waals surface area contributed by atoms with Gasteiger partial charge in [0.2, 0.25) is 5.91 Å². The molecule has 0 aromatic carbocycles. The summed E-state index contributed by atoms with van der Waals surface area (Å²) >= 11 is 0. The number of hydrogen-bond donors (Lipinski definition) is 1. The highest BCUT2D eigenvalue weighted by atomic mass is 16.5. The van der Waals surface area contributed by atoms with Crippen molar-refractivity contribution in [1.29, 1.82) is 0 Å². The van der Waals surface area contributed by atoms with Crippen LogP contribution < -0.4 is 0 Å². The fraction of sp³-hybridized carbons (Fsp3) is 0.750. The molecule has 2 aliphatic rings. The Balaban J connectivity index is 1.64. The van der Waals surface area contributed by atoms with Crippen molar-refractivity contribution in [2.45, 2.75) is 25.5 Å². The molecule has 0 aliphatic carbocycles. The SMILES string of the molecule is CC1(C(=O)N2CCC(O)(Cn3ccnn3)C2)COC1. The number of rotatable bonds is 3. The molecule has 0 spiro atoms. The number of nitrogens with zero attached hydrogens (tertiary/aromatic N) is 4. The predicted octanol–water partition coefficient (Wildman–Crippen LogP) is -0.722. The molecule has 7 heteroatoms. The van der Waals surface area contributed by atoms with Crippen LogP contribution in [0.15, 0.2) is 12.4 Å². The smallest absolute Gasteiger partial charge is 0.233 e. The minimum atomic E-state index is -0.912. The zero-order chi connectivity index (χ0) is 13.5. The molecule has 3 heterocycles. The van der Waals surface area contributed by atoms with E-state index in [-0.39, 0.29) is 5.91 Å². The molecule has 104 valence electrons. The Morgan fingerprint density at radius 3 is 2.89 bits per heavy atom. The van der Waals surface area contributed by atoms with Gasteiger partial charge in [-0.3, -0.25) is 4.79 Å². The second-order valence-corrected chi connectivity index (χ2v) is 5.86. The lowest BCUT2D eigenvalue weighted by Crippen LogP contribution is -2.53. The van der Waals surface area contributed by atoms with Crippen LogP contribution in [0, 0.1) is 5.41 Å². The number of carbonyl (C=O) groups is 1. The van der Waals surface area contributed by atoms with E-state index in [9.17, 15) is 9.90 Å². The Hall–Kier alpha value is -1.47. The van der Waals surface area contributed by atoms with Gasteiger partial charge in [-0.1, -0.05) is 5.21 Å². The number of hydrogen-bond acceptors (Lipinski definition) is 5. The van der Waals surface area contributed by atoms with E-state index in [4.69, 9.17) is 4.74 Å². The van der Waals surface area contributed by atoms with Crippen LogP contribution in [0.1, 0.15) is 13.3 Å². The molecular weight excluding hydrogens is 248 g/mol. The molecule has 1 atom stereocenters. The third-order valence-corrected chi connectivity index (χ3v) is 3.91. The fourth-order valence-corrected chi connectivity index (χ4v) is 2.69. The first kappa shape index (κ1) is 12.6. The zero-order valence-electron chi connectivity index (χ0n) is 10.9. The average Bonchev–Trinajstić information content (AvgIpc) is 2.95. The number of likely N-dealkylation sites (tertiary alicyclic amines) is 1. The van der Waals surface area contributed by atoms with Crippen LogP contribution in [0.25, 0.3) is 0 Å². The maximum atomic E-state index is 12.3. The van der Waals surface area contributed by atoms with E-state index >= 15 is 0 Å². The normalized spacial score (nSPS) is 29.3. The summed E-state index contributed by atoms with van der Waals surface area (Å²) in [4.78, 5) is 14.1. The molecule has 3 rings (SSSR count). The molecule has 0 bridgehead atoms. The van der Waals surface area contributed by atoms with Gasteiger partial charge in [0.25, 0.3) is 0 Å². The molecule has 1 aromatic rings. The molecule has 1 amide bonds. The summed E-state index contributed by atoms with van der Waals surface area (Å²) in [6.07, 6.45) is 3.85. The van der Waals surface area contributed by atoms with Crippen molar-refractivity contribution in [3.63, 3.8) is 0 Å². The summed E-state index contributed by atoms with van der Waals surface area (Å²) in [5.41, 5.74) is -1.32. The Kier molecular flexibility index (Phi) is 2.83. The summed E-state index contributed by atoms with van der Waals surface area (Å²) in [6, 6.07) is 0. The fourth-order valence-electron chi connectivity index (χ4n) is 2.69. The van der Waals surface area contributed by atoms with Crippen LogP contribution >= 0.6 is 0 Å². The lowest BCUT2D eigenvalue weighted by Gasteiger charge is -2.39. The number of ether oxygens (including phenoxy) is 1. The highest BCUT2D eigenvalue weighted by Crippen LogP contribution is 2.32. The summed E-state index contributed by atoms with van der Waals surface area (Å²) in [5, 5.41) is 18.1. The van der Waals surface area contributed by atoms with Gasteiger partial charge < -0.3 is 14.7 Å². The quantitative estimate of drug-likeness (QED) is 0.781. The van der Waals surface area contributed by atoms with Gasteiger partial charge in [0.05, 0.1) is 37.9 Å². The second kappa shape index (κ2) is 4.28. The molecule has 1 N–H and O–H groups in total. The van der Waals surface area contributed by atoms with Gasteiger partial charge in [0.15, 0.2) is 0 Å². The Morgan fingerprint density at radius 2 is 2.32 bits per heavy atom. The minimum absolute atomic E-state index is 0.0771. The highest BCUT2D eigenvalue weighted by molar-refractivity contribution is 5.83. The molecular formula is C12H18N4O3. The van der Waals surface area contributed by atoms with Crippen LogP contribution in [-0.2, 0) is 16.1 Å². The van der Waals surface area contributed by atoms with Crippen LogP contribution in [0.4, 0.5) is 0 Å². The van der Waals surface area contributed by atoms with Gasteiger partial charge >= 0.3 is 0 Å². The molecule has 0 saturated carbocycles. The van der Waals surface area contributed by atoms with E-state index in [1.165, 1.54) is 0 Å². The summed E-state index contributed by atoms with van der Waals surface area (Å²) in [5.74, 6) is 0.0771. The van der Waals surface area contributed by atoms with Gasteiger partial charge in [0.1, 0.15) is 5.60 Å². The third-order valence-electron chi connectivity index (χ3n) is 3.91. The van der Waals surface area contributed by atoms with Crippen LogP contribution in [0.5, 0.6) is 0 Å². The number of aliphatic hydroxyl groups is 1. The number of aromatic nitrogens is 3. The second-order valence-electron chi connectivity index (χ2n) is 5.86. The first-order valence-electron chi connectivity index (χ1n) is 6.44. The van der Waals surface area contributed by atoms with Crippen molar-refractivity contribution in [2.75, 3.05) is 26.3 Å². The minimum Gasteiger partial charge on any atom is -0.386 e. The zero-order valence-corrected chi connectivity index (χ0v) is 10.9. The molecule has 0 radical (unpaired) electrons. The molecule has 2 aliphatic heterocycles. The van der Waals surface area contributed by atoms with Gasteiger partial charge in [-0.25, -0.2) is 4.68 Å². The van der Waals surface area contributed by atoms with Crippen molar-refractivity contribution in [3.8, 4) is 0 Å². The Bertz CT molecular complexity index is 471. The summed E-state index contributed by atoms with van der Waals surface area (Å²) < 4.78 is 6.72. The van der Waals surface area contributed by atoms with Crippen molar-refractivity contribution < 1.29 is 14.6 Å². The maximum absolute atomic E-state index is 12.3. The molecule has 19 heavy (non-hydrogen) atoms. The van der Waals surface area contributed by atoms with E-state index in [0.717, 1.165) is 0 Å². The molecule has 1 unspecified atom stereocenters. The molecule has 1 aromatic heterocycles. The number of carbonyl (C=O) groups excluding carboxylic acids is 1. The monoisotopic (exact) mass is 266 g/mol. The summed E-state index contributed by atoms with van der Waals surface area (Å²) in [7, 11) is 0. The number of β-amino-alcohol motifs (C(OH)–C–C–N with tert-alkyl or cyclic N) is 1. The van der Waals surface area contributed by atoms with E-state index in [0.29, 0.717) is 39.3 Å². The molecule has 7 nitrogen and oxygen atoms in total. The van der Waals surface area contributed by atoms with Gasteiger partial charge in [-0.15, -0.1) is 5.10 Å². The third kappa shape index (κ3) is 2.23. The van der Waals surface area contributed by atoms with Gasteiger partial charge in [-0.2, -0.15) is 0 Å². The Morgan fingerprint density at radius 1 is 1.53 bits per heavy atom. The maximum Gasteiger partial charge on any atom is 0.233 e. The topological polar surface area (TPSA) is 80.5 Å². The van der Waals surface area contributed by atoms with E-state index in [2.05, 4.69) is 10.3 Å². The first-order valence-corrected chi connectivity index (χ1v) is 6.44. The van der Waals surface area contributed by atoms with Crippen molar-refractivity contribution in [3.05, 3.63) is 12.4 Å². The summed E-state index contributed by atoms with van der Waals surface area (Å²) in [6.45, 7) is 4.16. The lowest BCUT2D eigenvalue weighted by atomic mass is 9.87. The largest absolute Gasteiger partial charge is 0.386 e. The lowest BCUT2D eigenvalue weighted by molar-refractivity contribution is -0.168. The first-order chi connectivity index (χ1) is 9.01.